The van der Waals surface area contributed by atoms with Gasteiger partial charge in [-0.25, -0.2) is 0 Å². The first kappa shape index (κ1) is 20.7. The number of Topliss-reactive ketones (excluding diaryl/α,β-unsaturated/α-hetero) is 1. The van der Waals surface area contributed by atoms with E-state index in [2.05, 4.69) is 0 Å². The molecule has 0 rings (SSSR count). The van der Waals surface area contributed by atoms with E-state index in [0.29, 0.717) is 6.54 Å². The zero-order chi connectivity index (χ0) is 12.9. The van der Waals surface area contributed by atoms with Gasteiger partial charge < -0.3 is 5.73 Å². The van der Waals surface area contributed by atoms with Crippen molar-refractivity contribution >= 4 is 27.4 Å². The number of hydrogen-bond acceptors (Lipinski definition) is 4. The number of rotatable bonds is 5. The minimum Gasteiger partial charge on any atom is -0.330 e. The van der Waals surface area contributed by atoms with Gasteiger partial charge >= 0.3 is 0 Å². The van der Waals surface area contributed by atoms with E-state index in [1.165, 1.54) is 0 Å². The van der Waals surface area contributed by atoms with Crippen LogP contribution in [0.15, 0.2) is 0 Å². The minimum absolute atomic E-state index is 0.215. The van der Waals surface area contributed by atoms with Crippen LogP contribution in [0.25, 0.3) is 0 Å². The molecule has 2 nitrogen and oxygen atoms in total. The van der Waals surface area contributed by atoms with Crippen molar-refractivity contribution in [3.8, 4) is 0 Å². The van der Waals surface area contributed by atoms with Crippen LogP contribution in [0, 0.1) is 0 Å². The standard InChI is InChI=1S/C7H15NOS2.2C2H6/c1-6(9)7(2,3)11-10-5-4-8;2*1-2/h4-5,8H2,1-3H3;2*1-2H3. The molecule has 15 heavy (non-hydrogen) atoms. The second kappa shape index (κ2) is 14.3. The Morgan fingerprint density at radius 1 is 1.20 bits per heavy atom. The van der Waals surface area contributed by atoms with Crippen LogP contribution in [0.2, 0.25) is 0 Å². The van der Waals surface area contributed by atoms with Crippen LogP contribution in [-0.2, 0) is 4.79 Å². The lowest BCUT2D eigenvalue weighted by Crippen LogP contribution is -2.23. The maximum absolute atomic E-state index is 11.0. The zero-order valence-electron chi connectivity index (χ0n) is 11.2. The Morgan fingerprint density at radius 3 is 1.87 bits per heavy atom. The number of hydrogen-bond donors (Lipinski definition) is 1. The Labute approximate surface area is 104 Å². The molecule has 0 saturated heterocycles. The van der Waals surface area contributed by atoms with Crippen molar-refractivity contribution in [2.45, 2.75) is 53.2 Å². The number of carbonyl (C=O) groups is 1. The molecule has 0 radical (unpaired) electrons. The molecule has 0 aromatic rings. The molecule has 4 heteroatoms. The highest BCUT2D eigenvalue weighted by molar-refractivity contribution is 8.77. The molecule has 0 heterocycles. The summed E-state index contributed by atoms with van der Waals surface area (Å²) in [7, 11) is 3.26. The lowest BCUT2D eigenvalue weighted by Gasteiger charge is -2.18. The molecular formula is C11H27NOS2. The van der Waals surface area contributed by atoms with E-state index in [9.17, 15) is 4.79 Å². The predicted molar refractivity (Wildman–Crippen MR) is 76.6 cm³/mol. The lowest BCUT2D eigenvalue weighted by molar-refractivity contribution is -0.118. The number of nitrogens with two attached hydrogens (primary N) is 1. The summed E-state index contributed by atoms with van der Waals surface area (Å²) in [6.07, 6.45) is 0. The van der Waals surface area contributed by atoms with E-state index in [0.717, 1.165) is 5.75 Å². The van der Waals surface area contributed by atoms with Crippen molar-refractivity contribution in [2.75, 3.05) is 12.3 Å². The van der Waals surface area contributed by atoms with Crippen LogP contribution < -0.4 is 5.73 Å². The van der Waals surface area contributed by atoms with Gasteiger partial charge in [0.25, 0.3) is 0 Å². The Kier molecular flexibility index (Phi) is 19.8. The molecule has 0 spiro atoms. The molecule has 0 aliphatic heterocycles. The third kappa shape index (κ3) is 14.3. The van der Waals surface area contributed by atoms with E-state index in [4.69, 9.17) is 5.73 Å². The summed E-state index contributed by atoms with van der Waals surface area (Å²) in [4.78, 5) is 11.0. The fourth-order valence-corrected chi connectivity index (χ4v) is 2.66. The average Bonchev–Trinajstić information content (AvgIpc) is 2.24. The molecule has 0 saturated carbocycles. The van der Waals surface area contributed by atoms with Crippen molar-refractivity contribution in [1.82, 2.24) is 0 Å². The average molecular weight is 253 g/mol. The molecule has 0 fully saturated rings. The molecule has 94 valence electrons. The fourth-order valence-electron chi connectivity index (χ4n) is 0.296. The monoisotopic (exact) mass is 253 g/mol. The molecule has 0 atom stereocenters. The lowest BCUT2D eigenvalue weighted by atomic mass is 10.1. The van der Waals surface area contributed by atoms with Crippen molar-refractivity contribution < 1.29 is 4.79 Å². The topological polar surface area (TPSA) is 43.1 Å². The summed E-state index contributed by atoms with van der Waals surface area (Å²) in [5.41, 5.74) is 5.31. The van der Waals surface area contributed by atoms with Gasteiger partial charge in [0.15, 0.2) is 0 Å². The molecule has 2 N–H and O–H groups in total. The quantitative estimate of drug-likeness (QED) is 0.598. The minimum atomic E-state index is -0.264. The molecule has 0 aromatic carbocycles. The maximum Gasteiger partial charge on any atom is 0.146 e. The van der Waals surface area contributed by atoms with Crippen LogP contribution in [0.1, 0.15) is 48.5 Å². The van der Waals surface area contributed by atoms with E-state index < -0.39 is 0 Å². The molecule has 0 aliphatic rings. The van der Waals surface area contributed by atoms with Crippen molar-refractivity contribution in [3.63, 3.8) is 0 Å². The van der Waals surface area contributed by atoms with Crippen molar-refractivity contribution in [1.29, 1.82) is 0 Å². The highest BCUT2D eigenvalue weighted by Crippen LogP contribution is 2.35. The van der Waals surface area contributed by atoms with Gasteiger partial charge in [0, 0.05) is 12.3 Å². The van der Waals surface area contributed by atoms with Crippen LogP contribution >= 0.6 is 21.6 Å². The second-order valence-electron chi connectivity index (χ2n) is 2.76. The first-order chi connectivity index (χ1) is 7.00. The van der Waals surface area contributed by atoms with Gasteiger partial charge in [0.2, 0.25) is 0 Å². The Balaban J connectivity index is -0.000000318. The number of ketones is 1. The van der Waals surface area contributed by atoms with Crippen molar-refractivity contribution in [2.24, 2.45) is 5.73 Å². The Hall–Kier alpha value is 0.330. The summed E-state index contributed by atoms with van der Waals surface area (Å²) in [6.45, 7) is 14.2. The van der Waals surface area contributed by atoms with E-state index in [1.54, 1.807) is 28.5 Å². The Morgan fingerprint density at radius 2 is 1.60 bits per heavy atom. The first-order valence-electron chi connectivity index (χ1n) is 5.52. The summed E-state index contributed by atoms with van der Waals surface area (Å²) in [5, 5.41) is 0. The normalized spacial score (nSPS) is 9.33. The molecule has 0 unspecified atom stereocenters. The van der Waals surface area contributed by atoms with Crippen LogP contribution in [-0.4, -0.2) is 22.8 Å². The third-order valence-electron chi connectivity index (χ3n) is 1.32. The third-order valence-corrected chi connectivity index (χ3v) is 4.64. The van der Waals surface area contributed by atoms with E-state index >= 15 is 0 Å². The van der Waals surface area contributed by atoms with Gasteiger partial charge in [-0.2, -0.15) is 0 Å². The van der Waals surface area contributed by atoms with Gasteiger partial charge in [0.1, 0.15) is 5.78 Å². The zero-order valence-corrected chi connectivity index (χ0v) is 12.8. The molecule has 0 amide bonds. The SMILES string of the molecule is CC.CC.CC(=O)C(C)(C)SSCCN. The second-order valence-corrected chi connectivity index (χ2v) is 5.80. The van der Waals surface area contributed by atoms with Gasteiger partial charge in [-0.05, 0) is 20.8 Å². The fraction of sp³-hybridized carbons (Fsp3) is 0.909. The Bertz CT molecular complexity index is 139. The highest BCUT2D eigenvalue weighted by atomic mass is 33.1. The summed E-state index contributed by atoms with van der Waals surface area (Å²) < 4.78 is -0.264. The molecule has 0 bridgehead atoms. The highest BCUT2D eigenvalue weighted by Gasteiger charge is 2.24. The smallest absolute Gasteiger partial charge is 0.146 e. The van der Waals surface area contributed by atoms with E-state index in [1.807, 2.05) is 41.5 Å². The van der Waals surface area contributed by atoms with E-state index in [-0.39, 0.29) is 10.5 Å². The van der Waals surface area contributed by atoms with Crippen molar-refractivity contribution in [3.05, 3.63) is 0 Å². The molecule has 0 aliphatic carbocycles. The van der Waals surface area contributed by atoms with Gasteiger partial charge in [-0.3, -0.25) is 4.79 Å². The largest absolute Gasteiger partial charge is 0.330 e. The van der Waals surface area contributed by atoms with Gasteiger partial charge in [0.05, 0.1) is 4.75 Å². The van der Waals surface area contributed by atoms with Crippen LogP contribution in [0.3, 0.4) is 0 Å². The summed E-state index contributed by atoms with van der Waals surface area (Å²) in [5.74, 6) is 1.12. The predicted octanol–water partition coefficient (Wildman–Crippen LogP) is 3.75. The molecule has 0 aromatic heterocycles. The summed E-state index contributed by atoms with van der Waals surface area (Å²) in [6, 6.07) is 0. The summed E-state index contributed by atoms with van der Waals surface area (Å²) >= 11 is 0. The van der Waals surface area contributed by atoms with Gasteiger partial charge in [-0.15, -0.1) is 0 Å². The van der Waals surface area contributed by atoms with Crippen LogP contribution in [0.5, 0.6) is 0 Å². The van der Waals surface area contributed by atoms with Gasteiger partial charge in [-0.1, -0.05) is 49.3 Å². The maximum atomic E-state index is 11.0. The number of carbonyl (C=O) groups excluding carboxylic acids is 1. The molecular weight excluding hydrogens is 226 g/mol. The van der Waals surface area contributed by atoms with Crippen LogP contribution in [0.4, 0.5) is 0 Å². The first-order valence-corrected chi connectivity index (χ1v) is 7.84.